The van der Waals surface area contributed by atoms with E-state index >= 15 is 0 Å². The lowest BCUT2D eigenvalue weighted by atomic mass is 10.0. The number of aromatic nitrogens is 4. The Morgan fingerprint density at radius 2 is 1.96 bits per heavy atom. The third kappa shape index (κ3) is 6.34. The number of hydrogen-bond acceptors (Lipinski definition) is 6. The fraction of sp³-hybridized carbons (Fsp3) is 0.556. The van der Waals surface area contributed by atoms with Gasteiger partial charge in [0.05, 0.1) is 13.7 Å². The van der Waals surface area contributed by atoms with E-state index in [-0.39, 0.29) is 5.92 Å². The summed E-state index contributed by atoms with van der Waals surface area (Å²) in [5.41, 5.74) is 0.667. The highest BCUT2D eigenvalue weighted by atomic mass is 16.6. The molecule has 26 heavy (non-hydrogen) atoms. The molecule has 1 heterocycles. The molecule has 1 aromatic carbocycles. The van der Waals surface area contributed by atoms with E-state index in [1.165, 1.54) is 10.4 Å². The van der Waals surface area contributed by atoms with Crippen LogP contribution in [0.25, 0.3) is 0 Å². The van der Waals surface area contributed by atoms with Crippen LogP contribution in [0.15, 0.2) is 24.3 Å². The second-order valence-corrected chi connectivity index (χ2v) is 7.13. The molecule has 0 radical (unpaired) electrons. The minimum atomic E-state index is -0.514. The molecular weight excluding hydrogens is 334 g/mol. The molecule has 1 N–H and O–H groups in total. The second-order valence-electron chi connectivity index (χ2n) is 7.13. The molecular formula is C18H27N5O3. The molecule has 0 bridgehead atoms. The molecule has 8 heteroatoms. The molecule has 0 saturated carbocycles. The van der Waals surface area contributed by atoms with Gasteiger partial charge in [-0.2, -0.15) is 4.80 Å². The summed E-state index contributed by atoms with van der Waals surface area (Å²) in [5, 5.41) is 15.2. The summed E-state index contributed by atoms with van der Waals surface area (Å²) >= 11 is 0. The highest BCUT2D eigenvalue weighted by Gasteiger charge is 2.16. The molecule has 0 saturated heterocycles. The number of nitrogens with one attached hydrogen (secondary N) is 1. The van der Waals surface area contributed by atoms with Gasteiger partial charge in [-0.25, -0.2) is 4.79 Å². The van der Waals surface area contributed by atoms with Crippen LogP contribution in [0, 0.1) is 0 Å². The lowest BCUT2D eigenvalue weighted by molar-refractivity contribution is 0.0525. The predicted octanol–water partition coefficient (Wildman–Crippen LogP) is 2.55. The summed E-state index contributed by atoms with van der Waals surface area (Å²) in [6.07, 6.45) is 0.358. The largest absolute Gasteiger partial charge is 0.497 e. The van der Waals surface area contributed by atoms with Gasteiger partial charge in [0.15, 0.2) is 5.82 Å². The lowest BCUT2D eigenvalue weighted by Gasteiger charge is -2.19. The first-order chi connectivity index (χ1) is 12.3. The van der Waals surface area contributed by atoms with Crippen LogP contribution in [-0.2, 0) is 17.7 Å². The van der Waals surface area contributed by atoms with Crippen molar-refractivity contribution in [3.63, 3.8) is 0 Å². The minimum absolute atomic E-state index is 0.135. The molecule has 8 nitrogen and oxygen atoms in total. The molecule has 0 spiro atoms. The van der Waals surface area contributed by atoms with Gasteiger partial charge >= 0.3 is 6.09 Å². The monoisotopic (exact) mass is 361 g/mol. The molecule has 1 amide bonds. The standard InChI is InChI=1S/C18H27N5O3/c1-13(12-14-6-8-15(25-5)9-7-14)16-20-22-23(21-16)11-10-19-17(24)26-18(2,3)4/h6-9,13H,10-12H2,1-5H3,(H,19,24)/t13-/m0/s1. The number of hydrogen-bond donors (Lipinski definition) is 1. The van der Waals surface area contributed by atoms with Crippen LogP contribution in [0.4, 0.5) is 4.79 Å². The number of carbonyl (C=O) groups excluding carboxylic acids is 1. The van der Waals surface area contributed by atoms with Gasteiger partial charge in [0, 0.05) is 12.5 Å². The van der Waals surface area contributed by atoms with Crippen molar-refractivity contribution in [3.05, 3.63) is 35.7 Å². The summed E-state index contributed by atoms with van der Waals surface area (Å²) in [6.45, 7) is 8.33. The summed E-state index contributed by atoms with van der Waals surface area (Å²) in [6, 6.07) is 7.94. The lowest BCUT2D eigenvalue weighted by Crippen LogP contribution is -2.34. The van der Waals surface area contributed by atoms with Crippen LogP contribution < -0.4 is 10.1 Å². The quantitative estimate of drug-likeness (QED) is 0.815. The number of ether oxygens (including phenoxy) is 2. The van der Waals surface area contributed by atoms with Gasteiger partial charge in [0.1, 0.15) is 11.4 Å². The van der Waals surface area contributed by atoms with E-state index in [1.54, 1.807) is 7.11 Å². The normalized spacial score (nSPS) is 12.5. The average molecular weight is 361 g/mol. The summed E-state index contributed by atoms with van der Waals surface area (Å²) in [5.74, 6) is 1.65. The molecule has 0 fully saturated rings. The first kappa shape index (κ1) is 19.7. The van der Waals surface area contributed by atoms with Crippen LogP contribution >= 0.6 is 0 Å². The topological polar surface area (TPSA) is 91.2 Å². The van der Waals surface area contributed by atoms with Crippen LogP contribution in [-0.4, -0.2) is 45.6 Å². The number of rotatable bonds is 7. The van der Waals surface area contributed by atoms with E-state index in [0.29, 0.717) is 18.9 Å². The summed E-state index contributed by atoms with van der Waals surface area (Å²) in [7, 11) is 1.65. The van der Waals surface area contributed by atoms with E-state index in [4.69, 9.17) is 9.47 Å². The van der Waals surface area contributed by atoms with E-state index < -0.39 is 11.7 Å². The maximum atomic E-state index is 11.6. The maximum Gasteiger partial charge on any atom is 0.407 e. The molecule has 2 aromatic rings. The van der Waals surface area contributed by atoms with Crippen molar-refractivity contribution in [3.8, 4) is 5.75 Å². The smallest absolute Gasteiger partial charge is 0.407 e. The van der Waals surface area contributed by atoms with Gasteiger partial charge in [-0.05, 0) is 50.1 Å². The predicted molar refractivity (Wildman–Crippen MR) is 97.2 cm³/mol. The third-order valence-electron chi connectivity index (χ3n) is 3.59. The Morgan fingerprint density at radius 3 is 2.58 bits per heavy atom. The molecule has 0 aliphatic carbocycles. The SMILES string of the molecule is COc1ccc(C[C@H](C)c2nnn(CCNC(=O)OC(C)(C)C)n2)cc1. The highest BCUT2D eigenvalue weighted by Crippen LogP contribution is 2.19. The van der Waals surface area contributed by atoms with Crippen molar-refractivity contribution < 1.29 is 14.3 Å². The Kier molecular flexibility index (Phi) is 6.54. The van der Waals surface area contributed by atoms with Gasteiger partial charge in [-0.3, -0.25) is 0 Å². The van der Waals surface area contributed by atoms with E-state index in [2.05, 4.69) is 27.7 Å². The second kappa shape index (κ2) is 8.64. The fourth-order valence-corrected chi connectivity index (χ4v) is 2.33. The fourth-order valence-electron chi connectivity index (χ4n) is 2.33. The average Bonchev–Trinajstić information content (AvgIpc) is 3.03. The van der Waals surface area contributed by atoms with Gasteiger partial charge < -0.3 is 14.8 Å². The zero-order valence-electron chi connectivity index (χ0n) is 16.0. The number of tetrazole rings is 1. The van der Waals surface area contributed by atoms with Crippen molar-refractivity contribution in [2.45, 2.75) is 52.2 Å². The van der Waals surface area contributed by atoms with E-state index in [9.17, 15) is 4.79 Å². The van der Waals surface area contributed by atoms with Gasteiger partial charge in [0.2, 0.25) is 0 Å². The number of alkyl carbamates (subject to hydrolysis) is 1. The Morgan fingerprint density at radius 1 is 1.27 bits per heavy atom. The van der Waals surface area contributed by atoms with E-state index in [1.807, 2.05) is 45.0 Å². The maximum absolute atomic E-state index is 11.6. The Hall–Kier alpha value is -2.64. The van der Waals surface area contributed by atoms with Crippen molar-refractivity contribution in [1.29, 1.82) is 0 Å². The van der Waals surface area contributed by atoms with E-state index in [0.717, 1.165) is 12.2 Å². The van der Waals surface area contributed by atoms with Crippen molar-refractivity contribution in [2.24, 2.45) is 0 Å². The zero-order valence-corrected chi connectivity index (χ0v) is 16.0. The summed E-state index contributed by atoms with van der Waals surface area (Å²) in [4.78, 5) is 13.1. The number of methoxy groups -OCH3 is 1. The van der Waals surface area contributed by atoms with Gasteiger partial charge in [-0.15, -0.1) is 10.2 Å². The molecule has 1 aromatic heterocycles. The Labute approximate surface area is 153 Å². The molecule has 0 aliphatic heterocycles. The van der Waals surface area contributed by atoms with Crippen molar-refractivity contribution >= 4 is 6.09 Å². The van der Waals surface area contributed by atoms with Crippen LogP contribution in [0.5, 0.6) is 5.75 Å². The van der Waals surface area contributed by atoms with Crippen LogP contribution in [0.1, 0.15) is 45.0 Å². The Balaban J connectivity index is 1.81. The number of benzene rings is 1. The van der Waals surface area contributed by atoms with Gasteiger partial charge in [0.25, 0.3) is 0 Å². The zero-order chi connectivity index (χ0) is 19.2. The first-order valence-electron chi connectivity index (χ1n) is 8.64. The van der Waals surface area contributed by atoms with Gasteiger partial charge in [-0.1, -0.05) is 19.1 Å². The third-order valence-corrected chi connectivity index (χ3v) is 3.59. The van der Waals surface area contributed by atoms with Crippen LogP contribution in [0.2, 0.25) is 0 Å². The molecule has 2 rings (SSSR count). The minimum Gasteiger partial charge on any atom is -0.497 e. The molecule has 0 unspecified atom stereocenters. The molecule has 0 aliphatic rings. The number of nitrogens with zero attached hydrogens (tertiary/aromatic N) is 4. The number of amides is 1. The van der Waals surface area contributed by atoms with Crippen LogP contribution in [0.3, 0.4) is 0 Å². The molecule has 1 atom stereocenters. The number of carbonyl (C=O) groups is 1. The summed E-state index contributed by atoms with van der Waals surface area (Å²) < 4.78 is 10.3. The highest BCUT2D eigenvalue weighted by molar-refractivity contribution is 5.67. The molecule has 142 valence electrons. The Bertz CT molecular complexity index is 706. The first-order valence-corrected chi connectivity index (χ1v) is 8.64. The van der Waals surface area contributed by atoms with Crippen molar-refractivity contribution in [1.82, 2.24) is 25.5 Å². The van der Waals surface area contributed by atoms with Crippen molar-refractivity contribution in [2.75, 3.05) is 13.7 Å².